The van der Waals surface area contributed by atoms with Crippen LogP contribution in [0.2, 0.25) is 0 Å². The number of ether oxygens (including phenoxy) is 1. The van der Waals surface area contributed by atoms with E-state index in [1.165, 1.54) is 23.9 Å². The van der Waals surface area contributed by atoms with E-state index in [1.807, 2.05) is 12.1 Å². The molecule has 76 valence electrons. The van der Waals surface area contributed by atoms with Gasteiger partial charge in [0.05, 0.1) is 12.6 Å². The largest absolute Gasteiger partial charge is 0.497 e. The first-order valence-electron chi connectivity index (χ1n) is 5.31. The summed E-state index contributed by atoms with van der Waals surface area (Å²) in [5.41, 5.74) is 2.27. The van der Waals surface area contributed by atoms with Crippen molar-refractivity contribution in [2.75, 3.05) is 7.11 Å². The van der Waals surface area contributed by atoms with Crippen molar-refractivity contribution in [2.45, 2.75) is 18.8 Å². The number of pyridine rings is 1. The minimum atomic E-state index is 0.709. The molecule has 0 saturated heterocycles. The zero-order valence-electron chi connectivity index (χ0n) is 8.73. The predicted octanol–water partition coefficient (Wildman–Crippen LogP) is 3.12. The zero-order valence-corrected chi connectivity index (χ0v) is 8.73. The molecule has 0 spiro atoms. The Kier molecular flexibility index (Phi) is 1.88. The molecule has 0 radical (unpaired) electrons. The van der Waals surface area contributed by atoms with Crippen molar-refractivity contribution >= 4 is 10.9 Å². The van der Waals surface area contributed by atoms with Crippen LogP contribution >= 0.6 is 0 Å². The normalized spacial score (nSPS) is 15.5. The molecule has 1 heterocycles. The summed E-state index contributed by atoms with van der Waals surface area (Å²) in [6.07, 6.45) is 2.59. The third kappa shape index (κ3) is 1.56. The smallest absolute Gasteiger partial charge is 0.121 e. The zero-order chi connectivity index (χ0) is 10.3. The second-order valence-corrected chi connectivity index (χ2v) is 4.07. The van der Waals surface area contributed by atoms with Gasteiger partial charge >= 0.3 is 0 Å². The topological polar surface area (TPSA) is 22.1 Å². The van der Waals surface area contributed by atoms with E-state index in [0.29, 0.717) is 5.92 Å². The van der Waals surface area contributed by atoms with Gasteiger partial charge in [0, 0.05) is 23.1 Å². The van der Waals surface area contributed by atoms with Crippen molar-refractivity contribution in [1.29, 1.82) is 0 Å². The van der Waals surface area contributed by atoms with E-state index in [0.717, 1.165) is 11.3 Å². The molecule has 1 fully saturated rings. The summed E-state index contributed by atoms with van der Waals surface area (Å²) in [5.74, 6) is 1.59. The Labute approximate surface area is 88.9 Å². The Morgan fingerprint density at radius 3 is 2.73 bits per heavy atom. The van der Waals surface area contributed by atoms with Crippen molar-refractivity contribution in [1.82, 2.24) is 4.98 Å². The molecule has 3 rings (SSSR count). The molecule has 0 unspecified atom stereocenters. The highest BCUT2D eigenvalue weighted by Crippen LogP contribution is 2.39. The molecule has 1 aliphatic rings. The van der Waals surface area contributed by atoms with E-state index in [9.17, 15) is 0 Å². The van der Waals surface area contributed by atoms with Crippen LogP contribution < -0.4 is 4.74 Å². The Morgan fingerprint density at radius 1 is 1.20 bits per heavy atom. The van der Waals surface area contributed by atoms with Crippen molar-refractivity contribution in [2.24, 2.45) is 0 Å². The van der Waals surface area contributed by atoms with Crippen LogP contribution in [0.5, 0.6) is 5.75 Å². The summed E-state index contributed by atoms with van der Waals surface area (Å²) >= 11 is 0. The van der Waals surface area contributed by atoms with Crippen molar-refractivity contribution < 1.29 is 4.74 Å². The van der Waals surface area contributed by atoms with Gasteiger partial charge < -0.3 is 4.74 Å². The fourth-order valence-electron chi connectivity index (χ4n) is 1.85. The van der Waals surface area contributed by atoms with E-state index < -0.39 is 0 Å². The molecule has 2 aromatic rings. The summed E-state index contributed by atoms with van der Waals surface area (Å²) in [7, 11) is 1.69. The van der Waals surface area contributed by atoms with Gasteiger partial charge in [0.15, 0.2) is 0 Å². The van der Waals surface area contributed by atoms with Crippen molar-refractivity contribution in [3.8, 4) is 5.75 Å². The molecule has 2 heteroatoms. The molecule has 2 nitrogen and oxygen atoms in total. The van der Waals surface area contributed by atoms with E-state index in [-0.39, 0.29) is 0 Å². The first-order valence-corrected chi connectivity index (χ1v) is 5.31. The first kappa shape index (κ1) is 8.72. The third-order valence-corrected chi connectivity index (χ3v) is 2.92. The van der Waals surface area contributed by atoms with Crippen LogP contribution in [-0.4, -0.2) is 12.1 Å². The van der Waals surface area contributed by atoms with Crippen LogP contribution in [0.3, 0.4) is 0 Å². The third-order valence-electron chi connectivity index (χ3n) is 2.92. The summed E-state index contributed by atoms with van der Waals surface area (Å²) in [6, 6.07) is 10.3. The van der Waals surface area contributed by atoms with Gasteiger partial charge in [0.25, 0.3) is 0 Å². The number of methoxy groups -OCH3 is 1. The average molecular weight is 199 g/mol. The minimum absolute atomic E-state index is 0.709. The molecule has 1 aromatic carbocycles. The molecule has 1 aromatic heterocycles. The lowest BCUT2D eigenvalue weighted by molar-refractivity contribution is 0.415. The van der Waals surface area contributed by atoms with Crippen molar-refractivity contribution in [3.05, 3.63) is 36.0 Å². The Hall–Kier alpha value is -1.57. The monoisotopic (exact) mass is 199 g/mol. The molecule has 0 aliphatic heterocycles. The number of aromatic nitrogens is 1. The van der Waals surface area contributed by atoms with Gasteiger partial charge in [-0.25, -0.2) is 0 Å². The van der Waals surface area contributed by atoms with Gasteiger partial charge in [-0.05, 0) is 31.0 Å². The lowest BCUT2D eigenvalue weighted by atomic mass is 10.1. The molecule has 0 atom stereocenters. The van der Waals surface area contributed by atoms with Crippen molar-refractivity contribution in [3.63, 3.8) is 0 Å². The van der Waals surface area contributed by atoms with Crippen LogP contribution in [0, 0.1) is 0 Å². The highest BCUT2D eigenvalue weighted by molar-refractivity contribution is 5.80. The van der Waals surface area contributed by atoms with Gasteiger partial charge in [-0.15, -0.1) is 0 Å². The maximum Gasteiger partial charge on any atom is 0.121 e. The van der Waals surface area contributed by atoms with Gasteiger partial charge in [-0.1, -0.05) is 6.07 Å². The summed E-state index contributed by atoms with van der Waals surface area (Å²) in [6.45, 7) is 0. The van der Waals surface area contributed by atoms with Crippen LogP contribution in [0.4, 0.5) is 0 Å². The second kappa shape index (κ2) is 3.23. The molecular weight excluding hydrogens is 186 g/mol. The van der Waals surface area contributed by atoms with E-state index in [2.05, 4.69) is 23.2 Å². The lowest BCUT2D eigenvalue weighted by Gasteiger charge is -2.03. The van der Waals surface area contributed by atoms with Gasteiger partial charge in [-0.2, -0.15) is 0 Å². The van der Waals surface area contributed by atoms with E-state index in [4.69, 9.17) is 4.74 Å². The van der Waals surface area contributed by atoms with E-state index in [1.54, 1.807) is 7.11 Å². The van der Waals surface area contributed by atoms with E-state index >= 15 is 0 Å². The minimum Gasteiger partial charge on any atom is -0.497 e. The number of hydrogen-bond donors (Lipinski definition) is 0. The quantitative estimate of drug-likeness (QED) is 0.741. The van der Waals surface area contributed by atoms with Crippen LogP contribution in [-0.2, 0) is 0 Å². The highest BCUT2D eigenvalue weighted by atomic mass is 16.5. The number of fused-ring (bicyclic) bond motifs is 1. The number of nitrogens with zero attached hydrogens (tertiary/aromatic N) is 1. The Balaban J connectivity index is 2.14. The van der Waals surface area contributed by atoms with Gasteiger partial charge in [0.1, 0.15) is 5.75 Å². The molecule has 1 aliphatic carbocycles. The second-order valence-electron chi connectivity index (χ2n) is 4.07. The number of rotatable bonds is 2. The Morgan fingerprint density at radius 2 is 2.00 bits per heavy atom. The standard InChI is InChI=1S/C13H13NO/c1-15-11-6-4-10-5-7-12(9-2-3-9)14-13(10)8-11/h4-9H,2-3H2,1H3. The average Bonchev–Trinajstić information content (AvgIpc) is 3.11. The van der Waals surface area contributed by atoms with Crippen LogP contribution in [0.15, 0.2) is 30.3 Å². The summed E-state index contributed by atoms with van der Waals surface area (Å²) in [4.78, 5) is 4.67. The lowest BCUT2D eigenvalue weighted by Crippen LogP contribution is -1.88. The molecular formula is C13H13NO. The maximum absolute atomic E-state index is 5.20. The molecule has 0 amide bonds. The van der Waals surface area contributed by atoms with Crippen LogP contribution in [0.25, 0.3) is 10.9 Å². The molecule has 15 heavy (non-hydrogen) atoms. The fraction of sp³-hybridized carbons (Fsp3) is 0.308. The van der Waals surface area contributed by atoms with Gasteiger partial charge in [-0.3, -0.25) is 4.98 Å². The predicted molar refractivity (Wildman–Crippen MR) is 60.3 cm³/mol. The van der Waals surface area contributed by atoms with Crippen LogP contribution in [0.1, 0.15) is 24.5 Å². The maximum atomic E-state index is 5.20. The van der Waals surface area contributed by atoms with Gasteiger partial charge in [0.2, 0.25) is 0 Å². The summed E-state index contributed by atoms with van der Waals surface area (Å²) < 4.78 is 5.20. The highest BCUT2D eigenvalue weighted by Gasteiger charge is 2.24. The molecule has 0 N–H and O–H groups in total. The number of hydrogen-bond acceptors (Lipinski definition) is 2. The molecule has 0 bridgehead atoms. The Bertz CT molecular complexity index is 503. The number of benzene rings is 1. The first-order chi connectivity index (χ1) is 7.36. The molecule has 1 saturated carbocycles. The SMILES string of the molecule is COc1ccc2ccc(C3CC3)nc2c1. The summed E-state index contributed by atoms with van der Waals surface area (Å²) in [5, 5.41) is 1.18. The fourth-order valence-corrected chi connectivity index (χ4v) is 1.85.